The van der Waals surface area contributed by atoms with Gasteiger partial charge in [0.1, 0.15) is 0 Å². The minimum absolute atomic E-state index is 0.0319. The highest BCUT2D eigenvalue weighted by molar-refractivity contribution is 6.33. The molecule has 2 rings (SSSR count). The van der Waals surface area contributed by atoms with E-state index in [0.29, 0.717) is 22.3 Å². The maximum Gasteiger partial charge on any atom is 0.254 e. The number of halogens is 1. The third-order valence-electron chi connectivity index (χ3n) is 3.71. The first-order valence-corrected chi connectivity index (χ1v) is 6.99. The molecule has 4 nitrogen and oxygen atoms in total. The summed E-state index contributed by atoms with van der Waals surface area (Å²) < 4.78 is 0. The average molecular weight is 282 g/mol. The lowest BCUT2D eigenvalue weighted by molar-refractivity contribution is 0.0528. The van der Waals surface area contributed by atoms with Crippen molar-refractivity contribution in [3.8, 4) is 0 Å². The number of carbonyl (C=O) groups excluding carboxylic acids is 1. The predicted molar refractivity (Wildman–Crippen MR) is 78.5 cm³/mol. The number of carbonyl (C=O) groups is 1. The topological polar surface area (TPSA) is 49.6 Å². The largest absolute Gasteiger partial charge is 0.398 e. The highest BCUT2D eigenvalue weighted by Gasteiger charge is 2.26. The molecule has 1 atom stereocenters. The van der Waals surface area contributed by atoms with Gasteiger partial charge in [0.2, 0.25) is 0 Å². The van der Waals surface area contributed by atoms with Gasteiger partial charge in [-0.05, 0) is 31.7 Å². The molecule has 1 aliphatic heterocycles. The van der Waals surface area contributed by atoms with Crippen LogP contribution in [0.1, 0.15) is 24.2 Å². The van der Waals surface area contributed by atoms with Crippen LogP contribution in [0, 0.1) is 0 Å². The number of amides is 1. The Morgan fingerprint density at radius 3 is 2.79 bits per heavy atom. The smallest absolute Gasteiger partial charge is 0.254 e. The summed E-state index contributed by atoms with van der Waals surface area (Å²) in [6.07, 6.45) is 0. The summed E-state index contributed by atoms with van der Waals surface area (Å²) in [6.45, 7) is 7.77. The van der Waals surface area contributed by atoms with Crippen LogP contribution in [0.3, 0.4) is 0 Å². The molecule has 0 aromatic heterocycles. The van der Waals surface area contributed by atoms with Crippen LogP contribution in [0.25, 0.3) is 0 Å². The number of nitrogens with two attached hydrogens (primary N) is 1. The van der Waals surface area contributed by atoms with E-state index in [1.54, 1.807) is 18.2 Å². The standard InChI is InChI=1S/C14H20ClN3O/c1-3-17-6-7-18(9-10(17)2)14(19)11-4-5-13(16)12(15)8-11/h4-5,8,10H,3,6-7,9,16H2,1-2H3. The summed E-state index contributed by atoms with van der Waals surface area (Å²) in [5.41, 5.74) is 6.77. The van der Waals surface area contributed by atoms with Gasteiger partial charge in [-0.3, -0.25) is 9.69 Å². The Bertz CT molecular complexity index is 478. The summed E-state index contributed by atoms with van der Waals surface area (Å²) in [5.74, 6) is 0.0319. The normalized spacial score (nSPS) is 20.6. The van der Waals surface area contributed by atoms with E-state index < -0.39 is 0 Å². The summed E-state index contributed by atoms with van der Waals surface area (Å²) >= 11 is 5.97. The SMILES string of the molecule is CCN1CCN(C(=O)c2ccc(N)c(Cl)c2)CC1C. The van der Waals surface area contributed by atoms with Crippen molar-refractivity contribution in [2.24, 2.45) is 0 Å². The van der Waals surface area contributed by atoms with Crippen molar-refractivity contribution in [3.63, 3.8) is 0 Å². The van der Waals surface area contributed by atoms with E-state index in [0.717, 1.165) is 26.2 Å². The number of nitrogen functional groups attached to an aromatic ring is 1. The molecule has 2 N–H and O–H groups in total. The lowest BCUT2D eigenvalue weighted by Gasteiger charge is -2.39. The quantitative estimate of drug-likeness (QED) is 0.845. The van der Waals surface area contributed by atoms with Gasteiger partial charge in [0.15, 0.2) is 0 Å². The van der Waals surface area contributed by atoms with E-state index in [9.17, 15) is 4.79 Å². The number of hydrogen-bond acceptors (Lipinski definition) is 3. The summed E-state index contributed by atoms with van der Waals surface area (Å²) in [7, 11) is 0. The number of rotatable bonds is 2. The first-order valence-electron chi connectivity index (χ1n) is 6.61. The van der Waals surface area contributed by atoms with Crippen LogP contribution in [0.15, 0.2) is 18.2 Å². The van der Waals surface area contributed by atoms with Crippen LogP contribution >= 0.6 is 11.6 Å². The molecule has 104 valence electrons. The van der Waals surface area contributed by atoms with Crippen LogP contribution < -0.4 is 5.73 Å². The molecule has 0 aliphatic carbocycles. The van der Waals surface area contributed by atoms with E-state index >= 15 is 0 Å². The number of hydrogen-bond donors (Lipinski definition) is 1. The predicted octanol–water partition coefficient (Wildman–Crippen LogP) is 2.09. The fraction of sp³-hybridized carbons (Fsp3) is 0.500. The molecule has 19 heavy (non-hydrogen) atoms. The molecule has 0 bridgehead atoms. The Hall–Kier alpha value is -1.26. The maximum atomic E-state index is 12.4. The number of nitrogens with zero attached hydrogens (tertiary/aromatic N) is 2. The van der Waals surface area contributed by atoms with Crippen LogP contribution in [0.2, 0.25) is 5.02 Å². The molecule has 1 saturated heterocycles. The van der Waals surface area contributed by atoms with Gasteiger partial charge in [0, 0.05) is 31.2 Å². The van der Waals surface area contributed by atoms with Crippen molar-refractivity contribution in [3.05, 3.63) is 28.8 Å². The van der Waals surface area contributed by atoms with E-state index in [1.807, 2.05) is 4.90 Å². The van der Waals surface area contributed by atoms with E-state index in [1.165, 1.54) is 0 Å². The zero-order chi connectivity index (χ0) is 14.0. The van der Waals surface area contributed by atoms with Crippen molar-refractivity contribution in [1.82, 2.24) is 9.80 Å². The molecule has 1 aliphatic rings. The molecule has 1 unspecified atom stereocenters. The second-order valence-corrected chi connectivity index (χ2v) is 5.37. The minimum atomic E-state index is 0.0319. The van der Waals surface area contributed by atoms with Crippen LogP contribution in [0.5, 0.6) is 0 Å². The summed E-state index contributed by atoms with van der Waals surface area (Å²) in [5, 5.41) is 0.436. The number of benzene rings is 1. The zero-order valence-corrected chi connectivity index (χ0v) is 12.2. The first-order chi connectivity index (χ1) is 9.02. The molecule has 1 aromatic carbocycles. The van der Waals surface area contributed by atoms with Gasteiger partial charge in [0.05, 0.1) is 10.7 Å². The highest BCUT2D eigenvalue weighted by Crippen LogP contribution is 2.21. The van der Waals surface area contributed by atoms with Gasteiger partial charge in [-0.25, -0.2) is 0 Å². The van der Waals surface area contributed by atoms with E-state index in [4.69, 9.17) is 17.3 Å². The zero-order valence-electron chi connectivity index (χ0n) is 11.4. The molecular formula is C14H20ClN3O. The average Bonchev–Trinajstić information content (AvgIpc) is 2.41. The second-order valence-electron chi connectivity index (χ2n) is 4.97. The van der Waals surface area contributed by atoms with Crippen LogP contribution in [0.4, 0.5) is 5.69 Å². The molecule has 1 amide bonds. The maximum absolute atomic E-state index is 12.4. The van der Waals surface area contributed by atoms with E-state index in [2.05, 4.69) is 18.7 Å². The number of anilines is 1. The van der Waals surface area contributed by atoms with E-state index in [-0.39, 0.29) is 5.91 Å². The second kappa shape index (κ2) is 5.80. The molecule has 1 fully saturated rings. The molecule has 1 heterocycles. The van der Waals surface area contributed by atoms with Crippen molar-refractivity contribution in [2.75, 3.05) is 31.9 Å². The Labute approximate surface area is 119 Å². The number of piperazine rings is 1. The van der Waals surface area contributed by atoms with Crippen molar-refractivity contribution >= 4 is 23.2 Å². The Morgan fingerprint density at radius 1 is 1.47 bits per heavy atom. The summed E-state index contributed by atoms with van der Waals surface area (Å²) in [6, 6.07) is 5.46. The fourth-order valence-electron chi connectivity index (χ4n) is 2.49. The van der Waals surface area contributed by atoms with Crippen molar-refractivity contribution in [1.29, 1.82) is 0 Å². The molecule has 0 radical (unpaired) electrons. The van der Waals surface area contributed by atoms with Crippen molar-refractivity contribution < 1.29 is 4.79 Å². The third kappa shape index (κ3) is 3.01. The Morgan fingerprint density at radius 2 is 2.21 bits per heavy atom. The van der Waals surface area contributed by atoms with Gasteiger partial charge < -0.3 is 10.6 Å². The lowest BCUT2D eigenvalue weighted by atomic mass is 10.1. The molecule has 1 aromatic rings. The summed E-state index contributed by atoms with van der Waals surface area (Å²) in [4.78, 5) is 16.7. The lowest BCUT2D eigenvalue weighted by Crippen LogP contribution is -2.53. The number of likely N-dealkylation sites (N-methyl/N-ethyl adjacent to an activating group) is 1. The Balaban J connectivity index is 2.10. The molecule has 0 saturated carbocycles. The van der Waals surface area contributed by atoms with Crippen LogP contribution in [-0.2, 0) is 0 Å². The Kier molecular flexibility index (Phi) is 4.32. The molecular weight excluding hydrogens is 262 g/mol. The minimum Gasteiger partial charge on any atom is -0.398 e. The fourth-order valence-corrected chi connectivity index (χ4v) is 2.67. The van der Waals surface area contributed by atoms with Gasteiger partial charge >= 0.3 is 0 Å². The molecule has 5 heteroatoms. The highest BCUT2D eigenvalue weighted by atomic mass is 35.5. The van der Waals surface area contributed by atoms with Crippen LogP contribution in [-0.4, -0.2) is 47.9 Å². The molecule has 0 spiro atoms. The van der Waals surface area contributed by atoms with Crippen molar-refractivity contribution in [2.45, 2.75) is 19.9 Å². The van der Waals surface area contributed by atoms with Gasteiger partial charge in [-0.1, -0.05) is 18.5 Å². The third-order valence-corrected chi connectivity index (χ3v) is 4.03. The van der Waals surface area contributed by atoms with Gasteiger partial charge in [-0.15, -0.1) is 0 Å². The van der Waals surface area contributed by atoms with Gasteiger partial charge in [0.25, 0.3) is 5.91 Å². The first kappa shape index (κ1) is 14.2. The van der Waals surface area contributed by atoms with Gasteiger partial charge in [-0.2, -0.15) is 0 Å². The monoisotopic (exact) mass is 281 g/mol.